The van der Waals surface area contributed by atoms with Crippen LogP contribution in [0.1, 0.15) is 36.0 Å². The Morgan fingerprint density at radius 2 is 2.04 bits per heavy atom. The van der Waals surface area contributed by atoms with Crippen LogP contribution in [0, 0.1) is 0 Å². The molecular weight excluding hydrogens is 346 g/mol. The molecule has 27 heavy (non-hydrogen) atoms. The number of carboxylic acid groups (broad SMARTS) is 1. The third-order valence-electron chi connectivity index (χ3n) is 4.76. The second-order valence-corrected chi connectivity index (χ2v) is 6.76. The van der Waals surface area contributed by atoms with E-state index in [-0.39, 0.29) is 17.6 Å². The Hall–Kier alpha value is -3.20. The zero-order chi connectivity index (χ0) is 18.8. The van der Waals surface area contributed by atoms with E-state index >= 15 is 0 Å². The Morgan fingerprint density at radius 1 is 1.22 bits per heavy atom. The zero-order valence-corrected chi connectivity index (χ0v) is 14.6. The molecule has 9 heteroatoms. The Balaban J connectivity index is 1.61. The van der Waals surface area contributed by atoms with E-state index < -0.39 is 5.97 Å². The third-order valence-corrected chi connectivity index (χ3v) is 4.76. The molecule has 3 aromatic rings. The van der Waals surface area contributed by atoms with E-state index in [4.69, 9.17) is 10.8 Å². The lowest BCUT2D eigenvalue weighted by molar-refractivity contribution is 0.0697. The van der Waals surface area contributed by atoms with Gasteiger partial charge in [0.25, 0.3) is 0 Å². The van der Waals surface area contributed by atoms with Gasteiger partial charge < -0.3 is 26.5 Å². The third kappa shape index (κ3) is 3.82. The highest BCUT2D eigenvalue weighted by molar-refractivity contribution is 5.90. The summed E-state index contributed by atoms with van der Waals surface area (Å²) in [7, 11) is 0. The number of nitrogens with two attached hydrogens (primary N) is 1. The highest BCUT2D eigenvalue weighted by Gasteiger charge is 2.20. The van der Waals surface area contributed by atoms with Crippen molar-refractivity contribution >= 4 is 34.6 Å². The second kappa shape index (κ2) is 7.20. The van der Waals surface area contributed by atoms with Crippen molar-refractivity contribution in [1.29, 1.82) is 0 Å². The number of aromatic nitrogens is 4. The lowest BCUT2D eigenvalue weighted by Crippen LogP contribution is -2.33. The van der Waals surface area contributed by atoms with Crippen molar-refractivity contribution in [3.8, 4) is 0 Å². The number of aromatic carboxylic acids is 1. The number of H-pyrrole nitrogens is 1. The summed E-state index contributed by atoms with van der Waals surface area (Å²) >= 11 is 0. The average molecular weight is 367 g/mol. The quantitative estimate of drug-likeness (QED) is 0.463. The van der Waals surface area contributed by atoms with Crippen molar-refractivity contribution in [3.63, 3.8) is 0 Å². The Kier molecular flexibility index (Phi) is 4.59. The maximum atomic E-state index is 11.2. The second-order valence-electron chi connectivity index (χ2n) is 6.76. The van der Waals surface area contributed by atoms with E-state index in [1.54, 1.807) is 30.6 Å². The van der Waals surface area contributed by atoms with Crippen LogP contribution in [-0.4, -0.2) is 43.1 Å². The van der Waals surface area contributed by atoms with E-state index in [9.17, 15) is 4.79 Å². The number of rotatable bonds is 5. The molecule has 1 aliphatic carbocycles. The molecule has 0 spiro atoms. The standard InChI is InChI=1S/C18H21N7O2/c19-11-4-6-12(7-5-11)23-18-24-15-14(20-9-21-15)16(25-18)22-13-3-1-2-10(8-13)17(26)27/h1-3,8-9,11-12H,4-7,19H2,(H,26,27)(H3,20,21,22,23,24,25)/t11-,12-. The zero-order valence-electron chi connectivity index (χ0n) is 14.6. The minimum Gasteiger partial charge on any atom is -0.478 e. The fourth-order valence-corrected chi connectivity index (χ4v) is 3.30. The fourth-order valence-electron chi connectivity index (χ4n) is 3.30. The predicted molar refractivity (Wildman–Crippen MR) is 102 cm³/mol. The summed E-state index contributed by atoms with van der Waals surface area (Å²) in [5.41, 5.74) is 7.98. The fraction of sp³-hybridized carbons (Fsp3) is 0.333. The summed E-state index contributed by atoms with van der Waals surface area (Å²) in [4.78, 5) is 27.5. The summed E-state index contributed by atoms with van der Waals surface area (Å²) in [6, 6.07) is 7.12. The van der Waals surface area contributed by atoms with E-state index in [1.807, 2.05) is 0 Å². The number of aromatic amines is 1. The van der Waals surface area contributed by atoms with E-state index in [2.05, 4.69) is 30.6 Å². The van der Waals surface area contributed by atoms with Crippen LogP contribution in [0.15, 0.2) is 30.6 Å². The van der Waals surface area contributed by atoms with Gasteiger partial charge in [-0.25, -0.2) is 9.78 Å². The monoisotopic (exact) mass is 367 g/mol. The normalized spacial score (nSPS) is 19.7. The molecular formula is C18H21N7O2. The number of nitrogens with zero attached hydrogens (tertiary/aromatic N) is 3. The van der Waals surface area contributed by atoms with Crippen molar-refractivity contribution in [1.82, 2.24) is 19.9 Å². The maximum absolute atomic E-state index is 11.2. The Labute approximate surface area is 155 Å². The minimum absolute atomic E-state index is 0.198. The van der Waals surface area contributed by atoms with Crippen LogP contribution in [0.4, 0.5) is 17.5 Å². The first kappa shape index (κ1) is 17.2. The molecule has 1 saturated carbocycles. The van der Waals surface area contributed by atoms with Gasteiger partial charge in [-0.15, -0.1) is 0 Å². The molecule has 0 radical (unpaired) electrons. The SMILES string of the molecule is N[C@H]1CC[C@H](Nc2nc(Nc3cccc(C(=O)O)c3)c3nc[nH]c3n2)CC1. The van der Waals surface area contributed by atoms with Crippen LogP contribution in [-0.2, 0) is 0 Å². The molecule has 0 bridgehead atoms. The lowest BCUT2D eigenvalue weighted by atomic mass is 9.92. The summed E-state index contributed by atoms with van der Waals surface area (Å²) < 4.78 is 0. The van der Waals surface area contributed by atoms with Crippen molar-refractivity contribution < 1.29 is 9.90 Å². The molecule has 0 aliphatic heterocycles. The molecule has 4 rings (SSSR count). The molecule has 0 atom stereocenters. The molecule has 1 fully saturated rings. The number of carbonyl (C=O) groups is 1. The number of hydrogen-bond donors (Lipinski definition) is 5. The van der Waals surface area contributed by atoms with Gasteiger partial charge in [-0.05, 0) is 43.9 Å². The lowest BCUT2D eigenvalue weighted by Gasteiger charge is -2.26. The van der Waals surface area contributed by atoms with Gasteiger partial charge in [-0.2, -0.15) is 9.97 Å². The first-order valence-corrected chi connectivity index (χ1v) is 8.92. The smallest absolute Gasteiger partial charge is 0.335 e. The number of benzene rings is 1. The molecule has 9 nitrogen and oxygen atoms in total. The van der Waals surface area contributed by atoms with Crippen LogP contribution < -0.4 is 16.4 Å². The number of imidazole rings is 1. The molecule has 2 aromatic heterocycles. The van der Waals surface area contributed by atoms with Gasteiger partial charge in [-0.3, -0.25) is 0 Å². The summed E-state index contributed by atoms with van der Waals surface area (Å²) in [6.07, 6.45) is 5.49. The van der Waals surface area contributed by atoms with Crippen molar-refractivity contribution in [2.24, 2.45) is 5.73 Å². The van der Waals surface area contributed by atoms with Crippen molar-refractivity contribution in [2.75, 3.05) is 10.6 Å². The van der Waals surface area contributed by atoms with E-state index in [0.29, 0.717) is 28.6 Å². The average Bonchev–Trinajstić information content (AvgIpc) is 3.13. The van der Waals surface area contributed by atoms with Gasteiger partial charge in [0.2, 0.25) is 5.95 Å². The molecule has 1 aliphatic rings. The first-order valence-electron chi connectivity index (χ1n) is 8.92. The largest absolute Gasteiger partial charge is 0.478 e. The maximum Gasteiger partial charge on any atom is 0.335 e. The number of anilines is 3. The molecule has 0 amide bonds. The van der Waals surface area contributed by atoms with Gasteiger partial charge in [0, 0.05) is 17.8 Å². The van der Waals surface area contributed by atoms with Crippen LogP contribution in [0.3, 0.4) is 0 Å². The number of hydrogen-bond acceptors (Lipinski definition) is 7. The van der Waals surface area contributed by atoms with E-state index in [0.717, 1.165) is 25.7 Å². The minimum atomic E-state index is -0.982. The molecule has 0 unspecified atom stereocenters. The summed E-state index contributed by atoms with van der Waals surface area (Å²) in [5, 5.41) is 15.7. The highest BCUT2D eigenvalue weighted by atomic mass is 16.4. The molecule has 1 aromatic carbocycles. The molecule has 0 saturated heterocycles. The van der Waals surface area contributed by atoms with Crippen LogP contribution in [0.2, 0.25) is 0 Å². The van der Waals surface area contributed by atoms with E-state index in [1.165, 1.54) is 0 Å². The van der Waals surface area contributed by atoms with Gasteiger partial charge in [-0.1, -0.05) is 6.07 Å². The van der Waals surface area contributed by atoms with Crippen molar-refractivity contribution in [3.05, 3.63) is 36.2 Å². The Bertz CT molecular complexity index is 963. The van der Waals surface area contributed by atoms with Gasteiger partial charge in [0.1, 0.15) is 0 Å². The predicted octanol–water partition coefficient (Wildman–Crippen LogP) is 2.48. The first-order chi connectivity index (χ1) is 13.1. The molecule has 140 valence electrons. The van der Waals surface area contributed by atoms with Crippen LogP contribution in [0.25, 0.3) is 11.2 Å². The number of nitrogens with one attached hydrogen (secondary N) is 3. The summed E-state index contributed by atoms with van der Waals surface area (Å²) in [6.45, 7) is 0. The van der Waals surface area contributed by atoms with Crippen molar-refractivity contribution in [2.45, 2.75) is 37.8 Å². The number of fused-ring (bicyclic) bond motifs is 1. The van der Waals surface area contributed by atoms with Crippen LogP contribution in [0.5, 0.6) is 0 Å². The molecule has 2 heterocycles. The van der Waals surface area contributed by atoms with Gasteiger partial charge in [0.05, 0.1) is 11.9 Å². The van der Waals surface area contributed by atoms with Crippen LogP contribution >= 0.6 is 0 Å². The number of carboxylic acids is 1. The highest BCUT2D eigenvalue weighted by Crippen LogP contribution is 2.25. The Morgan fingerprint density at radius 3 is 2.81 bits per heavy atom. The topological polar surface area (TPSA) is 142 Å². The van der Waals surface area contributed by atoms with Gasteiger partial charge in [0.15, 0.2) is 17.0 Å². The molecule has 6 N–H and O–H groups in total. The van der Waals surface area contributed by atoms with Gasteiger partial charge >= 0.3 is 5.97 Å². The summed E-state index contributed by atoms with van der Waals surface area (Å²) in [5.74, 6) is 0.0343.